The van der Waals surface area contributed by atoms with Crippen molar-refractivity contribution in [2.24, 2.45) is 10.8 Å². The number of nitrogens with zero attached hydrogens (tertiary/aromatic N) is 1. The summed E-state index contributed by atoms with van der Waals surface area (Å²) < 4.78 is 33.5. The summed E-state index contributed by atoms with van der Waals surface area (Å²) in [4.78, 5) is 50.5. The average molecular weight is 450 g/mol. The minimum absolute atomic E-state index is 0.0477. The Morgan fingerprint density at radius 1 is 1.13 bits per heavy atom. The van der Waals surface area contributed by atoms with Crippen LogP contribution >= 0.6 is 0 Å². The summed E-state index contributed by atoms with van der Waals surface area (Å²) in [7, 11) is -4.09. The standard InChI is InChI=1S/C20H22N2O8S/c1-5-31(27,28)30-22-14(23)12-7-6-11(10-13(12)15(22)24)21-16(25)20-9-8-19(4,17(26)29-20)18(20,2)3/h6-7,10H,5,8-9H2,1-4H3,(H,21,25)/t19-,20+/m1/s1. The normalized spacial score (nSPS) is 28.6. The second-order valence-electron chi connectivity index (χ2n) is 8.71. The smallest absolute Gasteiger partial charge is 0.313 e. The molecule has 2 fully saturated rings. The van der Waals surface area contributed by atoms with E-state index in [1.807, 2.05) is 13.8 Å². The topological polar surface area (TPSA) is 136 Å². The van der Waals surface area contributed by atoms with E-state index >= 15 is 0 Å². The number of hydrogen-bond donors (Lipinski definition) is 1. The highest BCUT2D eigenvalue weighted by Crippen LogP contribution is 2.65. The maximum absolute atomic E-state index is 13.2. The molecule has 2 heterocycles. The predicted octanol–water partition coefficient (Wildman–Crippen LogP) is 1.62. The first-order valence-electron chi connectivity index (χ1n) is 9.80. The number of esters is 1. The highest BCUT2D eigenvalue weighted by atomic mass is 32.2. The molecule has 1 saturated carbocycles. The predicted molar refractivity (Wildman–Crippen MR) is 106 cm³/mol. The van der Waals surface area contributed by atoms with Crippen molar-refractivity contribution in [3.05, 3.63) is 29.3 Å². The molecule has 4 rings (SSSR count). The van der Waals surface area contributed by atoms with Gasteiger partial charge in [-0.1, -0.05) is 13.8 Å². The lowest BCUT2D eigenvalue weighted by Gasteiger charge is -2.35. The van der Waals surface area contributed by atoms with Crippen molar-refractivity contribution in [1.82, 2.24) is 5.06 Å². The van der Waals surface area contributed by atoms with Gasteiger partial charge in [0.2, 0.25) is 0 Å². The fourth-order valence-corrected chi connectivity index (χ4v) is 4.98. The lowest BCUT2D eigenvalue weighted by Crippen LogP contribution is -2.50. The van der Waals surface area contributed by atoms with Gasteiger partial charge in [0.25, 0.3) is 27.8 Å². The molecule has 2 aliphatic heterocycles. The number of anilines is 1. The maximum Gasteiger partial charge on any atom is 0.313 e. The molecule has 0 spiro atoms. The van der Waals surface area contributed by atoms with Gasteiger partial charge >= 0.3 is 5.97 Å². The third-order valence-electron chi connectivity index (χ3n) is 7.10. The number of hydroxylamine groups is 2. The quantitative estimate of drug-likeness (QED) is 0.528. The van der Waals surface area contributed by atoms with Gasteiger partial charge in [0.1, 0.15) is 0 Å². The van der Waals surface area contributed by atoms with Gasteiger partial charge in [-0.25, -0.2) is 0 Å². The first-order valence-corrected chi connectivity index (χ1v) is 11.4. The number of rotatable bonds is 5. The number of hydrogen-bond acceptors (Lipinski definition) is 8. The highest BCUT2D eigenvalue weighted by molar-refractivity contribution is 7.86. The van der Waals surface area contributed by atoms with E-state index in [0.717, 1.165) is 0 Å². The van der Waals surface area contributed by atoms with Crippen molar-refractivity contribution >= 4 is 39.5 Å². The number of nitrogens with one attached hydrogen (secondary N) is 1. The third kappa shape index (κ3) is 2.69. The molecule has 166 valence electrons. The van der Waals surface area contributed by atoms with Crippen LogP contribution in [0.25, 0.3) is 0 Å². The van der Waals surface area contributed by atoms with Gasteiger partial charge in [-0.2, -0.15) is 8.42 Å². The Balaban J connectivity index is 1.61. The Hall–Kier alpha value is -2.79. The minimum Gasteiger partial charge on any atom is -0.448 e. The van der Waals surface area contributed by atoms with Gasteiger partial charge in [0, 0.05) is 11.1 Å². The molecule has 3 amide bonds. The summed E-state index contributed by atoms with van der Waals surface area (Å²) in [6.45, 7) is 6.74. The zero-order chi connectivity index (χ0) is 23.0. The van der Waals surface area contributed by atoms with Crippen molar-refractivity contribution in [3.8, 4) is 0 Å². The van der Waals surface area contributed by atoms with E-state index in [1.54, 1.807) is 6.92 Å². The van der Waals surface area contributed by atoms with Crippen LogP contribution in [0.4, 0.5) is 5.69 Å². The molecule has 0 unspecified atom stereocenters. The van der Waals surface area contributed by atoms with Crippen molar-refractivity contribution in [2.75, 3.05) is 11.1 Å². The largest absolute Gasteiger partial charge is 0.448 e. The number of carbonyl (C=O) groups excluding carboxylic acids is 4. The summed E-state index contributed by atoms with van der Waals surface area (Å²) in [5, 5.41) is 2.87. The summed E-state index contributed by atoms with van der Waals surface area (Å²) in [6, 6.07) is 3.98. The molecule has 1 aliphatic carbocycles. The lowest BCUT2D eigenvalue weighted by molar-refractivity contribution is -0.165. The number of imide groups is 1. The second kappa shape index (κ2) is 6.36. The lowest BCUT2D eigenvalue weighted by atomic mass is 9.66. The van der Waals surface area contributed by atoms with Crippen molar-refractivity contribution in [1.29, 1.82) is 0 Å². The molecule has 1 aromatic rings. The molecule has 2 atom stereocenters. The second-order valence-corrected chi connectivity index (χ2v) is 10.6. The number of fused-ring (bicyclic) bond motifs is 3. The molecule has 11 heteroatoms. The fraction of sp³-hybridized carbons (Fsp3) is 0.500. The third-order valence-corrected chi connectivity index (χ3v) is 8.18. The zero-order valence-corrected chi connectivity index (χ0v) is 18.3. The summed E-state index contributed by atoms with van der Waals surface area (Å²) in [5.41, 5.74) is -2.82. The van der Waals surface area contributed by atoms with Gasteiger partial charge in [-0.15, -0.1) is 9.35 Å². The Morgan fingerprint density at radius 2 is 1.77 bits per heavy atom. The number of benzene rings is 1. The molecule has 0 radical (unpaired) electrons. The molecular weight excluding hydrogens is 428 g/mol. The van der Waals surface area contributed by atoms with E-state index in [9.17, 15) is 27.6 Å². The van der Waals surface area contributed by atoms with Crippen LogP contribution < -0.4 is 5.32 Å². The first kappa shape index (κ1) is 21.4. The molecular formula is C20H22N2O8S. The minimum atomic E-state index is -4.09. The van der Waals surface area contributed by atoms with E-state index < -0.39 is 56.0 Å². The van der Waals surface area contributed by atoms with Crippen LogP contribution in [0.3, 0.4) is 0 Å². The summed E-state index contributed by atoms with van der Waals surface area (Å²) in [5.74, 6) is -3.22. The van der Waals surface area contributed by atoms with Crippen LogP contribution in [0.5, 0.6) is 0 Å². The molecule has 2 bridgehead atoms. The SMILES string of the molecule is CCS(=O)(=O)ON1C(=O)c2ccc(NC(=O)[C@]34CC[C@](C)(C(=O)O3)C4(C)C)cc2C1=O. The number of carbonyl (C=O) groups is 4. The Morgan fingerprint density at radius 3 is 2.32 bits per heavy atom. The van der Waals surface area contributed by atoms with E-state index in [1.165, 1.54) is 25.1 Å². The molecule has 31 heavy (non-hydrogen) atoms. The number of amides is 3. The molecule has 0 aromatic heterocycles. The Kier molecular flexibility index (Phi) is 4.40. The van der Waals surface area contributed by atoms with Crippen molar-refractivity contribution in [2.45, 2.75) is 46.1 Å². The van der Waals surface area contributed by atoms with Crippen LogP contribution in [0, 0.1) is 10.8 Å². The average Bonchev–Trinajstić information content (AvgIpc) is 3.12. The van der Waals surface area contributed by atoms with E-state index in [0.29, 0.717) is 12.8 Å². The fourth-order valence-electron chi connectivity index (χ4n) is 4.51. The highest BCUT2D eigenvalue weighted by Gasteiger charge is 2.75. The maximum atomic E-state index is 13.2. The van der Waals surface area contributed by atoms with Crippen molar-refractivity contribution < 1.29 is 36.6 Å². The molecule has 3 aliphatic rings. The monoisotopic (exact) mass is 450 g/mol. The zero-order valence-electron chi connectivity index (χ0n) is 17.5. The molecule has 10 nitrogen and oxygen atoms in total. The van der Waals surface area contributed by atoms with Gasteiger partial charge in [-0.3, -0.25) is 19.2 Å². The van der Waals surface area contributed by atoms with Crippen LogP contribution in [-0.2, 0) is 28.7 Å². The Bertz CT molecular complexity index is 1160. The van der Waals surface area contributed by atoms with Crippen LogP contribution in [0.15, 0.2) is 18.2 Å². The van der Waals surface area contributed by atoms with Crippen LogP contribution in [0.1, 0.15) is 61.3 Å². The molecule has 1 N–H and O–H groups in total. The summed E-state index contributed by atoms with van der Waals surface area (Å²) in [6.07, 6.45) is 0.883. The van der Waals surface area contributed by atoms with Crippen LogP contribution in [0.2, 0.25) is 0 Å². The first-order chi connectivity index (χ1) is 14.3. The molecule has 1 aromatic carbocycles. The summed E-state index contributed by atoms with van der Waals surface area (Å²) >= 11 is 0. The van der Waals surface area contributed by atoms with Gasteiger partial charge in [0.05, 0.1) is 22.3 Å². The van der Waals surface area contributed by atoms with E-state index in [4.69, 9.17) is 4.74 Å². The number of ether oxygens (including phenoxy) is 1. The van der Waals surface area contributed by atoms with Crippen molar-refractivity contribution in [3.63, 3.8) is 0 Å². The van der Waals surface area contributed by atoms with E-state index in [2.05, 4.69) is 9.60 Å². The van der Waals surface area contributed by atoms with Crippen LogP contribution in [-0.4, -0.2) is 48.5 Å². The van der Waals surface area contributed by atoms with Gasteiger partial charge in [0.15, 0.2) is 5.60 Å². The molecule has 1 saturated heterocycles. The van der Waals surface area contributed by atoms with Gasteiger partial charge < -0.3 is 10.1 Å². The van der Waals surface area contributed by atoms with E-state index in [-0.39, 0.29) is 21.9 Å². The van der Waals surface area contributed by atoms with Gasteiger partial charge in [-0.05, 0) is 44.9 Å². The Labute approximate surface area is 178 Å².